The predicted octanol–water partition coefficient (Wildman–Crippen LogP) is 4.88. The Balaban J connectivity index is 2.32. The quantitative estimate of drug-likeness (QED) is 0.628. The number of nitrogens with one attached hydrogen (secondary N) is 1. The standard InChI is InChI=1S/C14H18BrFN2O2/c1-14(2)6-4-3-5-13(14)17-11-8-10(16)9(15)7-12(11)18(19)20/h7-8,13,17H,3-6H2,1-2H3. The van der Waals surface area contributed by atoms with E-state index in [0.29, 0.717) is 0 Å². The van der Waals surface area contributed by atoms with Crippen molar-refractivity contribution < 1.29 is 9.31 Å². The van der Waals surface area contributed by atoms with Gasteiger partial charge in [0.15, 0.2) is 0 Å². The maximum Gasteiger partial charge on any atom is 0.293 e. The Morgan fingerprint density at radius 3 is 2.75 bits per heavy atom. The summed E-state index contributed by atoms with van der Waals surface area (Å²) in [5.41, 5.74) is 0.214. The molecule has 20 heavy (non-hydrogen) atoms. The first-order chi connectivity index (χ1) is 9.31. The van der Waals surface area contributed by atoms with E-state index in [2.05, 4.69) is 35.1 Å². The molecule has 1 N–H and O–H groups in total. The molecule has 1 aliphatic rings. The molecule has 0 aliphatic heterocycles. The van der Waals surface area contributed by atoms with E-state index in [9.17, 15) is 14.5 Å². The number of rotatable bonds is 3. The van der Waals surface area contributed by atoms with E-state index in [-0.39, 0.29) is 27.3 Å². The molecule has 110 valence electrons. The third-order valence-corrected chi connectivity index (χ3v) is 4.68. The number of hydrogen-bond acceptors (Lipinski definition) is 3. The van der Waals surface area contributed by atoms with Crippen molar-refractivity contribution in [1.29, 1.82) is 0 Å². The average molecular weight is 345 g/mol. The lowest BCUT2D eigenvalue weighted by Gasteiger charge is -2.39. The third kappa shape index (κ3) is 3.11. The number of hydrogen-bond donors (Lipinski definition) is 1. The fourth-order valence-corrected chi connectivity index (χ4v) is 3.08. The van der Waals surface area contributed by atoms with E-state index >= 15 is 0 Å². The van der Waals surface area contributed by atoms with Gasteiger partial charge in [-0.15, -0.1) is 0 Å². The number of halogens is 2. The number of nitro groups is 1. The van der Waals surface area contributed by atoms with Crippen molar-refractivity contribution in [1.82, 2.24) is 0 Å². The van der Waals surface area contributed by atoms with Crippen molar-refractivity contribution in [3.8, 4) is 0 Å². The second-order valence-corrected chi connectivity index (χ2v) is 6.83. The van der Waals surface area contributed by atoms with Gasteiger partial charge in [0.1, 0.15) is 11.5 Å². The summed E-state index contributed by atoms with van der Waals surface area (Å²) in [5.74, 6) is -0.494. The van der Waals surface area contributed by atoms with Gasteiger partial charge in [-0.2, -0.15) is 0 Å². The molecule has 0 bridgehead atoms. The molecular weight excluding hydrogens is 327 g/mol. The molecule has 0 amide bonds. The lowest BCUT2D eigenvalue weighted by Crippen LogP contribution is -2.39. The van der Waals surface area contributed by atoms with Crippen LogP contribution in [0.15, 0.2) is 16.6 Å². The van der Waals surface area contributed by atoms with Crippen molar-refractivity contribution in [2.45, 2.75) is 45.6 Å². The minimum Gasteiger partial charge on any atom is -0.376 e. The Kier molecular flexibility index (Phi) is 4.32. The summed E-state index contributed by atoms with van der Waals surface area (Å²) in [6, 6.07) is 2.54. The van der Waals surface area contributed by atoms with E-state index in [4.69, 9.17) is 0 Å². The Morgan fingerprint density at radius 2 is 2.15 bits per heavy atom. The summed E-state index contributed by atoms with van der Waals surface area (Å²) in [6.45, 7) is 4.29. The van der Waals surface area contributed by atoms with Crippen LogP contribution < -0.4 is 5.32 Å². The van der Waals surface area contributed by atoms with Crippen molar-refractivity contribution in [3.63, 3.8) is 0 Å². The highest BCUT2D eigenvalue weighted by Gasteiger charge is 2.33. The molecule has 1 fully saturated rings. The van der Waals surface area contributed by atoms with Gasteiger partial charge < -0.3 is 5.32 Å². The SMILES string of the molecule is CC1(C)CCCCC1Nc1cc(F)c(Br)cc1[N+](=O)[O-]. The van der Waals surface area contributed by atoms with E-state index in [1.165, 1.54) is 18.6 Å². The van der Waals surface area contributed by atoms with Crippen LogP contribution in [-0.2, 0) is 0 Å². The molecule has 0 radical (unpaired) electrons. The van der Waals surface area contributed by atoms with Gasteiger partial charge in [0, 0.05) is 18.2 Å². The lowest BCUT2D eigenvalue weighted by molar-refractivity contribution is -0.384. The largest absolute Gasteiger partial charge is 0.376 e. The van der Waals surface area contributed by atoms with Crippen LogP contribution in [0.2, 0.25) is 0 Å². The molecule has 1 aromatic carbocycles. The van der Waals surface area contributed by atoms with Gasteiger partial charge in [-0.1, -0.05) is 26.7 Å². The topological polar surface area (TPSA) is 55.2 Å². The van der Waals surface area contributed by atoms with E-state index in [0.717, 1.165) is 19.3 Å². The van der Waals surface area contributed by atoms with Crippen LogP contribution in [0.25, 0.3) is 0 Å². The van der Waals surface area contributed by atoms with Crippen LogP contribution in [0.5, 0.6) is 0 Å². The monoisotopic (exact) mass is 344 g/mol. The Morgan fingerprint density at radius 1 is 1.45 bits per heavy atom. The maximum atomic E-state index is 13.7. The van der Waals surface area contributed by atoms with Gasteiger partial charge in [0.05, 0.1) is 9.40 Å². The smallest absolute Gasteiger partial charge is 0.293 e. The molecule has 6 heteroatoms. The van der Waals surface area contributed by atoms with Gasteiger partial charge in [0.2, 0.25) is 0 Å². The Labute approximate surface area is 126 Å². The summed E-state index contributed by atoms with van der Waals surface area (Å²) >= 11 is 2.99. The van der Waals surface area contributed by atoms with Gasteiger partial charge >= 0.3 is 0 Å². The number of benzene rings is 1. The molecule has 0 saturated heterocycles. The molecule has 1 unspecified atom stereocenters. The zero-order chi connectivity index (χ0) is 14.9. The maximum absolute atomic E-state index is 13.7. The van der Waals surface area contributed by atoms with E-state index in [1.54, 1.807) is 0 Å². The van der Waals surface area contributed by atoms with Crippen LogP contribution in [0.3, 0.4) is 0 Å². The third-order valence-electron chi connectivity index (χ3n) is 4.07. The summed E-state index contributed by atoms with van der Waals surface area (Å²) in [5, 5.41) is 14.3. The van der Waals surface area contributed by atoms with Crippen molar-refractivity contribution in [3.05, 3.63) is 32.5 Å². The average Bonchev–Trinajstić information content (AvgIpc) is 2.35. The minimum atomic E-state index is -0.494. The van der Waals surface area contributed by atoms with Gasteiger partial charge in [-0.05, 0) is 34.2 Å². The first-order valence-electron chi connectivity index (χ1n) is 6.71. The Bertz CT molecular complexity index is 534. The van der Waals surface area contributed by atoms with Crippen molar-refractivity contribution >= 4 is 27.3 Å². The molecular formula is C14H18BrFN2O2. The van der Waals surface area contributed by atoms with Gasteiger partial charge in [-0.3, -0.25) is 10.1 Å². The molecule has 0 spiro atoms. The zero-order valence-corrected chi connectivity index (χ0v) is 13.2. The normalized spacial score (nSPS) is 21.5. The minimum absolute atomic E-state index is 0.0513. The summed E-state index contributed by atoms with van der Waals surface area (Å²) in [6.07, 6.45) is 4.27. The second kappa shape index (κ2) is 5.68. The predicted molar refractivity (Wildman–Crippen MR) is 80.4 cm³/mol. The molecule has 1 atom stereocenters. The van der Waals surface area contributed by atoms with E-state index in [1.807, 2.05) is 0 Å². The molecule has 1 aromatic rings. The summed E-state index contributed by atoms with van der Waals surface area (Å²) in [7, 11) is 0. The highest BCUT2D eigenvalue weighted by atomic mass is 79.9. The van der Waals surface area contributed by atoms with Gasteiger partial charge in [0.25, 0.3) is 5.69 Å². The molecule has 1 saturated carbocycles. The fraction of sp³-hybridized carbons (Fsp3) is 0.571. The van der Waals surface area contributed by atoms with Crippen molar-refractivity contribution in [2.75, 3.05) is 5.32 Å². The first kappa shape index (κ1) is 15.2. The van der Waals surface area contributed by atoms with Crippen LogP contribution in [-0.4, -0.2) is 11.0 Å². The van der Waals surface area contributed by atoms with Crippen LogP contribution >= 0.6 is 15.9 Å². The number of nitrogens with zero attached hydrogens (tertiary/aromatic N) is 1. The number of nitro benzene ring substituents is 1. The zero-order valence-electron chi connectivity index (χ0n) is 11.6. The van der Waals surface area contributed by atoms with Crippen LogP contribution in [0.1, 0.15) is 39.5 Å². The van der Waals surface area contributed by atoms with Gasteiger partial charge in [-0.25, -0.2) is 4.39 Å². The molecule has 1 aliphatic carbocycles. The molecule has 4 nitrogen and oxygen atoms in total. The van der Waals surface area contributed by atoms with Crippen LogP contribution in [0, 0.1) is 21.3 Å². The second-order valence-electron chi connectivity index (χ2n) is 5.97. The Hall–Kier alpha value is -1.17. The molecule has 2 rings (SSSR count). The fourth-order valence-electron chi connectivity index (χ4n) is 2.75. The first-order valence-corrected chi connectivity index (χ1v) is 7.50. The number of anilines is 1. The highest BCUT2D eigenvalue weighted by Crippen LogP contribution is 2.39. The molecule has 0 heterocycles. The highest BCUT2D eigenvalue weighted by molar-refractivity contribution is 9.10. The summed E-state index contributed by atoms with van der Waals surface area (Å²) in [4.78, 5) is 10.6. The molecule has 0 aromatic heterocycles. The van der Waals surface area contributed by atoms with E-state index < -0.39 is 10.7 Å². The van der Waals surface area contributed by atoms with Crippen molar-refractivity contribution in [2.24, 2.45) is 5.41 Å². The lowest BCUT2D eigenvalue weighted by atomic mass is 9.73. The van der Waals surface area contributed by atoms with Crippen LogP contribution in [0.4, 0.5) is 15.8 Å². The summed E-state index contributed by atoms with van der Waals surface area (Å²) < 4.78 is 13.8.